The second-order valence-corrected chi connectivity index (χ2v) is 5.23. The van der Waals surface area contributed by atoms with Gasteiger partial charge in [-0.2, -0.15) is 11.8 Å². The van der Waals surface area contributed by atoms with Crippen molar-refractivity contribution in [3.8, 4) is 0 Å². The molecule has 0 fully saturated rings. The van der Waals surface area contributed by atoms with Crippen LogP contribution >= 0.6 is 11.8 Å². The molecule has 4 heteroatoms. The molecule has 0 heterocycles. The van der Waals surface area contributed by atoms with Crippen molar-refractivity contribution in [1.29, 1.82) is 0 Å². The van der Waals surface area contributed by atoms with Gasteiger partial charge in [-0.15, -0.1) is 0 Å². The van der Waals surface area contributed by atoms with E-state index in [0.29, 0.717) is 18.3 Å². The maximum Gasteiger partial charge on any atom is 0.251 e. The Hall–Kier alpha value is -1.00. The number of carbonyl (C=O) groups excluding carboxylic acids is 1. The molecule has 1 amide bonds. The lowest BCUT2D eigenvalue weighted by atomic mass is 10.0. The van der Waals surface area contributed by atoms with E-state index >= 15 is 0 Å². The number of rotatable bonds is 6. The molecule has 17 heavy (non-hydrogen) atoms. The Morgan fingerprint density at radius 2 is 2.18 bits per heavy atom. The normalized spacial score (nSPS) is 12.2. The molecular formula is C13H20N2OS. The zero-order valence-corrected chi connectivity index (χ0v) is 11.2. The van der Waals surface area contributed by atoms with Crippen LogP contribution in [0.5, 0.6) is 0 Å². The maximum absolute atomic E-state index is 12.0. The first-order valence-corrected chi connectivity index (χ1v) is 7.06. The topological polar surface area (TPSA) is 55.1 Å². The summed E-state index contributed by atoms with van der Waals surface area (Å²) in [6.45, 7) is 3.35. The van der Waals surface area contributed by atoms with Gasteiger partial charge in [0, 0.05) is 17.4 Å². The first kappa shape index (κ1) is 14.1. The fourth-order valence-electron chi connectivity index (χ4n) is 1.53. The Bertz CT molecular complexity index is 368. The smallest absolute Gasteiger partial charge is 0.251 e. The Kier molecular flexibility index (Phi) is 6.08. The Balaban J connectivity index is 2.67. The van der Waals surface area contributed by atoms with Crippen LogP contribution in [0.2, 0.25) is 0 Å². The van der Waals surface area contributed by atoms with Gasteiger partial charge >= 0.3 is 0 Å². The molecule has 1 aromatic rings. The molecule has 1 rings (SSSR count). The lowest BCUT2D eigenvalue weighted by molar-refractivity contribution is 0.0953. The summed E-state index contributed by atoms with van der Waals surface area (Å²) in [6.07, 6.45) is 2.78. The van der Waals surface area contributed by atoms with E-state index in [4.69, 9.17) is 5.73 Å². The van der Waals surface area contributed by atoms with Crippen LogP contribution in [0.3, 0.4) is 0 Å². The third-order valence-corrected chi connectivity index (χ3v) is 3.60. The minimum absolute atomic E-state index is 0.00468. The van der Waals surface area contributed by atoms with Crippen molar-refractivity contribution in [1.82, 2.24) is 5.32 Å². The maximum atomic E-state index is 12.0. The van der Waals surface area contributed by atoms with E-state index in [-0.39, 0.29) is 5.91 Å². The second kappa shape index (κ2) is 7.35. The monoisotopic (exact) mass is 252 g/mol. The van der Waals surface area contributed by atoms with Crippen LogP contribution in [-0.4, -0.2) is 30.5 Å². The number of thioether (sulfide) groups is 1. The highest BCUT2D eigenvalue weighted by Crippen LogP contribution is 2.10. The molecule has 0 saturated heterocycles. The molecule has 0 aliphatic rings. The molecule has 0 aliphatic carbocycles. The summed E-state index contributed by atoms with van der Waals surface area (Å²) >= 11 is 1.74. The summed E-state index contributed by atoms with van der Waals surface area (Å²) in [5.74, 6) is -0.00468. The van der Waals surface area contributed by atoms with Crippen molar-refractivity contribution in [3.05, 3.63) is 35.4 Å². The molecular weight excluding hydrogens is 232 g/mol. The van der Waals surface area contributed by atoms with E-state index in [9.17, 15) is 4.79 Å². The fourth-order valence-corrected chi connectivity index (χ4v) is 1.78. The molecule has 94 valence electrons. The number of hydrogen-bond acceptors (Lipinski definition) is 3. The standard InChI is InChI=1S/C13H20N2OS/c1-10(17-2)9-15-13(16)12-6-4-3-5-11(12)7-8-14/h3-6,10H,7-9,14H2,1-2H3,(H,15,16). The van der Waals surface area contributed by atoms with E-state index in [1.54, 1.807) is 11.8 Å². The number of carbonyl (C=O) groups is 1. The molecule has 0 radical (unpaired) electrons. The summed E-state index contributed by atoms with van der Waals surface area (Å²) < 4.78 is 0. The van der Waals surface area contributed by atoms with Crippen LogP contribution in [0.25, 0.3) is 0 Å². The zero-order valence-electron chi connectivity index (χ0n) is 10.4. The van der Waals surface area contributed by atoms with Gasteiger partial charge in [0.1, 0.15) is 0 Å². The van der Waals surface area contributed by atoms with Gasteiger partial charge in [-0.1, -0.05) is 25.1 Å². The van der Waals surface area contributed by atoms with E-state index in [1.807, 2.05) is 30.5 Å². The summed E-state index contributed by atoms with van der Waals surface area (Å²) in [5, 5.41) is 3.38. The fraction of sp³-hybridized carbons (Fsp3) is 0.462. The third-order valence-electron chi connectivity index (χ3n) is 2.63. The van der Waals surface area contributed by atoms with E-state index in [0.717, 1.165) is 17.5 Å². The van der Waals surface area contributed by atoms with Crippen LogP contribution in [0.1, 0.15) is 22.8 Å². The van der Waals surface area contributed by atoms with Gasteiger partial charge < -0.3 is 11.1 Å². The summed E-state index contributed by atoms with van der Waals surface area (Å²) in [5.41, 5.74) is 7.30. The van der Waals surface area contributed by atoms with Crippen molar-refractivity contribution in [2.75, 3.05) is 19.3 Å². The molecule has 0 aliphatic heterocycles. The molecule has 3 nitrogen and oxygen atoms in total. The van der Waals surface area contributed by atoms with Gasteiger partial charge in [-0.25, -0.2) is 0 Å². The second-order valence-electron chi connectivity index (χ2n) is 3.95. The predicted octanol–water partition coefficient (Wildman–Crippen LogP) is 1.67. The highest BCUT2D eigenvalue weighted by Gasteiger charge is 2.10. The van der Waals surface area contributed by atoms with Gasteiger partial charge in [-0.05, 0) is 30.9 Å². The Morgan fingerprint density at radius 1 is 1.47 bits per heavy atom. The van der Waals surface area contributed by atoms with Gasteiger partial charge in [0.25, 0.3) is 5.91 Å². The summed E-state index contributed by atoms with van der Waals surface area (Å²) in [4.78, 5) is 12.0. The van der Waals surface area contributed by atoms with Crippen molar-refractivity contribution in [2.24, 2.45) is 5.73 Å². The minimum Gasteiger partial charge on any atom is -0.351 e. The van der Waals surface area contributed by atoms with Crippen LogP contribution in [0.4, 0.5) is 0 Å². The Labute approximate surface area is 107 Å². The van der Waals surface area contributed by atoms with E-state index in [2.05, 4.69) is 12.2 Å². The molecule has 0 bridgehead atoms. The molecule has 1 unspecified atom stereocenters. The van der Waals surface area contributed by atoms with E-state index < -0.39 is 0 Å². The van der Waals surface area contributed by atoms with Gasteiger partial charge in [0.2, 0.25) is 0 Å². The van der Waals surface area contributed by atoms with Crippen molar-refractivity contribution >= 4 is 17.7 Å². The average Bonchev–Trinajstić information content (AvgIpc) is 2.36. The quantitative estimate of drug-likeness (QED) is 0.809. The number of nitrogens with two attached hydrogens (primary N) is 1. The number of nitrogens with one attached hydrogen (secondary N) is 1. The highest BCUT2D eigenvalue weighted by atomic mass is 32.2. The molecule has 0 spiro atoms. The Morgan fingerprint density at radius 3 is 2.82 bits per heavy atom. The van der Waals surface area contributed by atoms with Gasteiger partial charge in [0.15, 0.2) is 0 Å². The van der Waals surface area contributed by atoms with Crippen LogP contribution in [0.15, 0.2) is 24.3 Å². The lowest BCUT2D eigenvalue weighted by Crippen LogP contribution is -2.30. The SMILES string of the molecule is CSC(C)CNC(=O)c1ccccc1CCN. The summed E-state index contributed by atoms with van der Waals surface area (Å²) in [7, 11) is 0. The molecule has 0 saturated carbocycles. The molecule has 0 aromatic heterocycles. The molecule has 1 atom stereocenters. The number of amides is 1. The van der Waals surface area contributed by atoms with Gasteiger partial charge in [0.05, 0.1) is 0 Å². The van der Waals surface area contributed by atoms with Gasteiger partial charge in [-0.3, -0.25) is 4.79 Å². The van der Waals surface area contributed by atoms with Crippen LogP contribution in [-0.2, 0) is 6.42 Å². The van der Waals surface area contributed by atoms with Crippen molar-refractivity contribution in [2.45, 2.75) is 18.6 Å². The minimum atomic E-state index is -0.00468. The summed E-state index contributed by atoms with van der Waals surface area (Å²) in [6, 6.07) is 7.63. The highest BCUT2D eigenvalue weighted by molar-refractivity contribution is 7.99. The predicted molar refractivity (Wildman–Crippen MR) is 74.5 cm³/mol. The lowest BCUT2D eigenvalue weighted by Gasteiger charge is -2.12. The number of hydrogen-bond donors (Lipinski definition) is 2. The zero-order chi connectivity index (χ0) is 12.7. The molecule has 1 aromatic carbocycles. The van der Waals surface area contributed by atoms with E-state index in [1.165, 1.54) is 0 Å². The van der Waals surface area contributed by atoms with Crippen LogP contribution in [0, 0.1) is 0 Å². The third kappa shape index (κ3) is 4.40. The first-order valence-electron chi connectivity index (χ1n) is 5.78. The average molecular weight is 252 g/mol. The first-order chi connectivity index (χ1) is 8.19. The van der Waals surface area contributed by atoms with Crippen molar-refractivity contribution in [3.63, 3.8) is 0 Å². The van der Waals surface area contributed by atoms with Crippen LogP contribution < -0.4 is 11.1 Å². The molecule has 3 N–H and O–H groups in total. The van der Waals surface area contributed by atoms with Crippen molar-refractivity contribution < 1.29 is 4.79 Å². The number of benzene rings is 1. The largest absolute Gasteiger partial charge is 0.351 e.